The number of aliphatic hydroxyl groups is 1. The summed E-state index contributed by atoms with van der Waals surface area (Å²) in [6, 6.07) is 13.1. The zero-order valence-corrected chi connectivity index (χ0v) is 23.0. The summed E-state index contributed by atoms with van der Waals surface area (Å²) >= 11 is 0. The molecule has 2 amide bonds. The monoisotopic (exact) mass is 542 g/mol. The molecule has 206 valence electrons. The van der Waals surface area contributed by atoms with E-state index in [0.29, 0.717) is 12.3 Å². The van der Waals surface area contributed by atoms with Gasteiger partial charge in [-0.15, -0.1) is 0 Å². The maximum atomic E-state index is 13.3. The van der Waals surface area contributed by atoms with E-state index in [4.69, 9.17) is 4.74 Å². The Morgan fingerprint density at radius 3 is 2.45 bits per heavy atom. The van der Waals surface area contributed by atoms with Crippen molar-refractivity contribution in [2.24, 2.45) is 17.8 Å². The van der Waals surface area contributed by atoms with Crippen LogP contribution in [-0.2, 0) is 21.1 Å². The molecule has 0 aromatic heterocycles. The first-order valence-electron chi connectivity index (χ1n) is 13.3. The summed E-state index contributed by atoms with van der Waals surface area (Å²) in [5, 5.41) is 17.3. The van der Waals surface area contributed by atoms with Gasteiger partial charge in [0, 0.05) is 23.8 Å². The van der Waals surface area contributed by atoms with E-state index in [9.17, 15) is 23.1 Å². The maximum absolute atomic E-state index is 13.3. The molecule has 0 spiro atoms. The fraction of sp³-hybridized carbons (Fsp3) is 0.517. The average Bonchev–Trinajstić information content (AvgIpc) is 3.51. The molecule has 0 saturated heterocycles. The van der Waals surface area contributed by atoms with Gasteiger partial charge in [0.2, 0.25) is 5.91 Å². The number of nitrogens with one attached hydrogen (secondary N) is 2. The van der Waals surface area contributed by atoms with Gasteiger partial charge in [-0.1, -0.05) is 43.7 Å². The van der Waals surface area contributed by atoms with Crippen LogP contribution < -0.4 is 15.4 Å². The third-order valence-corrected chi connectivity index (χ3v) is 9.09. The van der Waals surface area contributed by atoms with Crippen LogP contribution >= 0.6 is 0 Å². The number of hydrogen-bond donors (Lipinski definition) is 3. The highest BCUT2D eigenvalue weighted by molar-refractivity contribution is 7.90. The molecule has 8 nitrogen and oxygen atoms in total. The molecule has 0 aliphatic heterocycles. The number of ether oxygens (including phenoxy) is 1. The number of aliphatic hydroxyl groups excluding tert-OH is 1. The van der Waals surface area contributed by atoms with Gasteiger partial charge in [0.25, 0.3) is 5.91 Å². The first kappa shape index (κ1) is 28.1. The second-order valence-electron chi connectivity index (χ2n) is 10.9. The van der Waals surface area contributed by atoms with Crippen LogP contribution in [0, 0.1) is 17.8 Å². The highest BCUT2D eigenvalue weighted by atomic mass is 32.2. The van der Waals surface area contributed by atoms with E-state index in [0.717, 1.165) is 24.2 Å². The first-order chi connectivity index (χ1) is 18.0. The summed E-state index contributed by atoms with van der Waals surface area (Å²) in [4.78, 5) is 26.2. The Bertz CT molecular complexity index is 1250. The number of methoxy groups -OCH3 is 1. The lowest BCUT2D eigenvalue weighted by Crippen LogP contribution is -2.47. The number of benzene rings is 2. The van der Waals surface area contributed by atoms with Gasteiger partial charge in [-0.05, 0) is 67.7 Å². The Morgan fingerprint density at radius 2 is 1.84 bits per heavy atom. The molecule has 0 radical (unpaired) electrons. The molecular weight excluding hydrogens is 504 g/mol. The van der Waals surface area contributed by atoms with Crippen LogP contribution in [0.3, 0.4) is 0 Å². The predicted octanol–water partition coefficient (Wildman–Crippen LogP) is 3.13. The summed E-state index contributed by atoms with van der Waals surface area (Å²) in [5.41, 5.74) is 1.02. The molecule has 0 heterocycles. The molecule has 2 aromatic rings. The van der Waals surface area contributed by atoms with Crippen LogP contribution in [0.25, 0.3) is 0 Å². The second kappa shape index (κ2) is 11.9. The largest absolute Gasteiger partial charge is 0.497 e. The number of rotatable bonds is 11. The van der Waals surface area contributed by atoms with Crippen LogP contribution in [0.4, 0.5) is 0 Å². The molecule has 2 bridgehead atoms. The van der Waals surface area contributed by atoms with Crippen LogP contribution in [0.2, 0.25) is 0 Å². The van der Waals surface area contributed by atoms with Crippen LogP contribution in [0.1, 0.15) is 54.9 Å². The van der Waals surface area contributed by atoms with E-state index in [1.807, 2.05) is 30.3 Å². The van der Waals surface area contributed by atoms with Gasteiger partial charge >= 0.3 is 0 Å². The fourth-order valence-electron chi connectivity index (χ4n) is 5.82. The second-order valence-corrected chi connectivity index (χ2v) is 12.9. The summed E-state index contributed by atoms with van der Waals surface area (Å²) in [5.74, 6) is 0.476. The van der Waals surface area contributed by atoms with E-state index in [1.165, 1.54) is 44.6 Å². The normalized spacial score (nSPS) is 22.9. The number of fused-ring (bicyclic) bond motifs is 2. The van der Waals surface area contributed by atoms with Crippen molar-refractivity contribution in [2.75, 3.05) is 13.4 Å². The lowest BCUT2D eigenvalue weighted by molar-refractivity contribution is -0.126. The Kier molecular flexibility index (Phi) is 8.78. The third-order valence-electron chi connectivity index (χ3n) is 7.99. The zero-order chi connectivity index (χ0) is 27.4. The maximum Gasteiger partial charge on any atom is 0.251 e. The third kappa shape index (κ3) is 6.94. The number of amides is 2. The van der Waals surface area contributed by atoms with Crippen LogP contribution in [0.15, 0.2) is 53.4 Å². The topological polar surface area (TPSA) is 122 Å². The molecule has 38 heavy (non-hydrogen) atoms. The Hall–Kier alpha value is -2.91. The van der Waals surface area contributed by atoms with Gasteiger partial charge in [-0.25, -0.2) is 8.42 Å². The van der Waals surface area contributed by atoms with E-state index >= 15 is 0 Å². The van der Waals surface area contributed by atoms with E-state index in [-0.39, 0.29) is 34.6 Å². The number of hydrogen-bond acceptors (Lipinski definition) is 6. The van der Waals surface area contributed by atoms with Gasteiger partial charge in [0.15, 0.2) is 9.84 Å². The molecule has 3 N–H and O–H groups in total. The lowest BCUT2D eigenvalue weighted by atomic mass is 9.92. The molecule has 2 fully saturated rings. The first-order valence-corrected chi connectivity index (χ1v) is 15.1. The zero-order valence-electron chi connectivity index (χ0n) is 22.2. The van der Waals surface area contributed by atoms with Gasteiger partial charge in [0.05, 0.1) is 24.2 Å². The van der Waals surface area contributed by atoms with Gasteiger partial charge in [-0.2, -0.15) is 0 Å². The van der Waals surface area contributed by atoms with E-state index in [1.54, 1.807) is 6.92 Å². The van der Waals surface area contributed by atoms with Gasteiger partial charge in [0.1, 0.15) is 5.75 Å². The summed E-state index contributed by atoms with van der Waals surface area (Å²) in [6.07, 6.45) is 5.24. The fourth-order valence-corrected chi connectivity index (χ4v) is 6.49. The Balaban J connectivity index is 1.48. The Morgan fingerprint density at radius 1 is 1.11 bits per heavy atom. The van der Waals surface area contributed by atoms with E-state index in [2.05, 4.69) is 10.6 Å². The van der Waals surface area contributed by atoms with Gasteiger partial charge < -0.3 is 20.5 Å². The van der Waals surface area contributed by atoms with Crippen molar-refractivity contribution in [3.63, 3.8) is 0 Å². The minimum Gasteiger partial charge on any atom is -0.497 e. The summed E-state index contributed by atoms with van der Waals surface area (Å²) < 4.78 is 29.5. The smallest absolute Gasteiger partial charge is 0.251 e. The van der Waals surface area contributed by atoms with Crippen molar-refractivity contribution in [1.29, 1.82) is 0 Å². The molecule has 2 aliphatic rings. The van der Waals surface area contributed by atoms with Crippen molar-refractivity contribution in [1.82, 2.24) is 10.6 Å². The molecule has 2 saturated carbocycles. The minimum atomic E-state index is -3.58. The van der Waals surface area contributed by atoms with Crippen LogP contribution in [-0.4, -0.2) is 56.9 Å². The Labute approximate surface area is 225 Å². The van der Waals surface area contributed by atoms with Crippen molar-refractivity contribution in [3.05, 3.63) is 59.7 Å². The van der Waals surface area contributed by atoms with Gasteiger partial charge in [-0.3, -0.25) is 9.59 Å². The summed E-state index contributed by atoms with van der Waals surface area (Å²) in [7, 11) is -2.18. The standard InChI is InChI=1S/C29H38N2O6S/c1-18(28(33)30-25-14-20-9-10-21(25)12-20)11-27(32)26(13-19-7-5-4-6-8-19)31-29(34)22-15-23(37-2)17-24(16-22)38(3,35)36/h4-8,15-18,20-21,25-27,32H,9-14H2,1-3H3,(H,30,33)(H,31,34). The van der Waals surface area contributed by atoms with Crippen molar-refractivity contribution < 1.29 is 27.9 Å². The van der Waals surface area contributed by atoms with Crippen molar-refractivity contribution in [3.8, 4) is 5.75 Å². The molecule has 9 heteroatoms. The number of sulfone groups is 1. The predicted molar refractivity (Wildman–Crippen MR) is 145 cm³/mol. The molecule has 6 unspecified atom stereocenters. The average molecular weight is 543 g/mol. The number of carbonyl (C=O) groups excluding carboxylic acids is 2. The lowest BCUT2D eigenvalue weighted by Gasteiger charge is -2.28. The highest BCUT2D eigenvalue weighted by Gasteiger charge is 2.40. The highest BCUT2D eigenvalue weighted by Crippen LogP contribution is 2.44. The minimum absolute atomic E-state index is 0.0342. The summed E-state index contributed by atoms with van der Waals surface area (Å²) in [6.45, 7) is 1.80. The van der Waals surface area contributed by atoms with Crippen molar-refractivity contribution in [2.45, 2.75) is 68.5 Å². The van der Waals surface area contributed by atoms with Crippen LogP contribution in [0.5, 0.6) is 5.75 Å². The molecule has 4 rings (SSSR count). The SMILES string of the molecule is COc1cc(C(=O)NC(Cc2ccccc2)C(O)CC(C)C(=O)NC2CC3CCC2C3)cc(S(C)(=O)=O)c1. The quantitative estimate of drug-likeness (QED) is 0.401. The molecule has 2 aromatic carbocycles. The van der Waals surface area contributed by atoms with Crippen molar-refractivity contribution >= 4 is 21.7 Å². The molecule has 2 aliphatic carbocycles. The number of carbonyl (C=O) groups is 2. The van der Waals surface area contributed by atoms with E-state index < -0.39 is 33.8 Å². The molecular formula is C29H38N2O6S. The molecule has 6 atom stereocenters.